The lowest BCUT2D eigenvalue weighted by Gasteiger charge is -2.10. The topological polar surface area (TPSA) is 120 Å². The van der Waals surface area contributed by atoms with Crippen LogP contribution in [0.3, 0.4) is 0 Å². The lowest BCUT2D eigenvalue weighted by molar-refractivity contribution is -0.113. The van der Waals surface area contributed by atoms with Crippen molar-refractivity contribution >= 4 is 50.2 Å². The largest absolute Gasteiger partial charge is 0.497 e. The number of para-hydroxylation sites is 2. The Morgan fingerprint density at radius 3 is 2.60 bits per heavy atom. The van der Waals surface area contributed by atoms with Crippen molar-refractivity contribution in [2.75, 3.05) is 29.5 Å². The highest BCUT2D eigenvalue weighted by molar-refractivity contribution is 7.99. The van der Waals surface area contributed by atoms with E-state index in [1.807, 2.05) is 13.0 Å². The molecule has 0 unspecified atom stereocenters. The lowest BCUT2D eigenvalue weighted by atomic mass is 10.3. The summed E-state index contributed by atoms with van der Waals surface area (Å²) in [6.07, 6.45) is 0. The first-order valence-electron chi connectivity index (χ1n) is 10.6. The summed E-state index contributed by atoms with van der Waals surface area (Å²) in [5.74, 6) is 1.01. The minimum atomic E-state index is -3.84. The number of nitrogens with zero attached hydrogens (tertiary/aromatic N) is 1. The number of hydrogen-bond acceptors (Lipinski definition) is 8. The number of nitrogens with one attached hydrogen (secondary N) is 2. The summed E-state index contributed by atoms with van der Waals surface area (Å²) in [6.45, 7) is 2.35. The first-order chi connectivity index (χ1) is 16.9. The maximum Gasteiger partial charge on any atom is 0.261 e. The molecule has 0 saturated carbocycles. The number of ether oxygens (including phenoxy) is 2. The van der Waals surface area contributed by atoms with Gasteiger partial charge in [0, 0.05) is 5.69 Å². The standard InChI is InChI=1S/C24H23N3O6S2/c1-3-32-21-7-5-4-6-19(21)25-23(28)15-34-24-26-20-14-18(12-13-22(20)33-24)35(29,30)27-16-8-10-17(31-2)11-9-16/h4-14,27H,3,15H2,1-2H3,(H,25,28). The molecule has 2 N–H and O–H groups in total. The zero-order valence-electron chi connectivity index (χ0n) is 19.0. The van der Waals surface area contributed by atoms with Crippen LogP contribution in [0.1, 0.15) is 6.92 Å². The molecule has 0 radical (unpaired) electrons. The molecule has 11 heteroatoms. The van der Waals surface area contributed by atoms with Crippen molar-refractivity contribution < 1.29 is 27.1 Å². The van der Waals surface area contributed by atoms with Gasteiger partial charge in [0.1, 0.15) is 17.0 Å². The van der Waals surface area contributed by atoms with Crippen LogP contribution in [-0.4, -0.2) is 38.8 Å². The first-order valence-corrected chi connectivity index (χ1v) is 13.1. The minimum absolute atomic E-state index is 0.0379. The smallest absolute Gasteiger partial charge is 0.261 e. The summed E-state index contributed by atoms with van der Waals surface area (Å²) in [6, 6.07) is 18.1. The molecular weight excluding hydrogens is 490 g/mol. The molecule has 0 spiro atoms. The van der Waals surface area contributed by atoms with E-state index in [1.54, 1.807) is 42.5 Å². The molecule has 0 atom stereocenters. The van der Waals surface area contributed by atoms with Gasteiger partial charge in [0.25, 0.3) is 15.2 Å². The average Bonchev–Trinajstić information content (AvgIpc) is 3.27. The van der Waals surface area contributed by atoms with Crippen molar-refractivity contribution in [3.05, 3.63) is 66.7 Å². The molecule has 0 saturated heterocycles. The van der Waals surface area contributed by atoms with Crippen LogP contribution < -0.4 is 19.5 Å². The third kappa shape index (κ3) is 6.06. The number of thioether (sulfide) groups is 1. The zero-order chi connectivity index (χ0) is 24.8. The fourth-order valence-corrected chi connectivity index (χ4v) is 4.87. The van der Waals surface area contributed by atoms with Crippen LogP contribution in [-0.2, 0) is 14.8 Å². The first kappa shape index (κ1) is 24.4. The Labute approximate surface area is 206 Å². The van der Waals surface area contributed by atoms with E-state index < -0.39 is 10.0 Å². The second-order valence-corrected chi connectivity index (χ2v) is 9.82. The van der Waals surface area contributed by atoms with Crippen LogP contribution in [0.25, 0.3) is 11.1 Å². The summed E-state index contributed by atoms with van der Waals surface area (Å²) in [4.78, 5) is 16.8. The summed E-state index contributed by atoms with van der Waals surface area (Å²) in [5.41, 5.74) is 1.76. The Balaban J connectivity index is 1.42. The maximum absolute atomic E-state index is 12.8. The number of rotatable bonds is 10. The van der Waals surface area contributed by atoms with Gasteiger partial charge < -0.3 is 19.2 Å². The van der Waals surface area contributed by atoms with Crippen molar-refractivity contribution in [2.45, 2.75) is 17.0 Å². The number of carbonyl (C=O) groups is 1. The van der Waals surface area contributed by atoms with Crippen molar-refractivity contribution in [1.82, 2.24) is 4.98 Å². The number of carbonyl (C=O) groups excluding carboxylic acids is 1. The number of hydrogen-bond donors (Lipinski definition) is 2. The van der Waals surface area contributed by atoms with E-state index in [1.165, 1.54) is 25.3 Å². The van der Waals surface area contributed by atoms with Crippen LogP contribution in [0.2, 0.25) is 0 Å². The van der Waals surface area contributed by atoms with Gasteiger partial charge in [-0.3, -0.25) is 9.52 Å². The van der Waals surface area contributed by atoms with Gasteiger partial charge in [-0.15, -0.1) is 0 Å². The van der Waals surface area contributed by atoms with E-state index in [2.05, 4.69) is 15.0 Å². The van der Waals surface area contributed by atoms with Gasteiger partial charge in [0.05, 0.1) is 30.1 Å². The predicted octanol–water partition coefficient (Wildman–Crippen LogP) is 4.77. The molecule has 1 heterocycles. The average molecular weight is 514 g/mol. The summed E-state index contributed by atoms with van der Waals surface area (Å²) in [5, 5.41) is 3.06. The highest BCUT2D eigenvalue weighted by Gasteiger charge is 2.18. The highest BCUT2D eigenvalue weighted by Crippen LogP contribution is 2.28. The number of aromatic nitrogens is 1. The van der Waals surface area contributed by atoms with Crippen LogP contribution in [0.15, 0.2) is 81.3 Å². The Hall–Kier alpha value is -3.70. The van der Waals surface area contributed by atoms with E-state index in [0.29, 0.717) is 40.6 Å². The van der Waals surface area contributed by atoms with E-state index in [-0.39, 0.29) is 21.8 Å². The van der Waals surface area contributed by atoms with Gasteiger partial charge >= 0.3 is 0 Å². The monoisotopic (exact) mass is 513 g/mol. The third-order valence-corrected chi connectivity index (χ3v) is 6.99. The van der Waals surface area contributed by atoms with Gasteiger partial charge in [0.2, 0.25) is 5.91 Å². The second-order valence-electron chi connectivity index (χ2n) is 7.21. The molecular formula is C24H23N3O6S2. The zero-order valence-corrected chi connectivity index (χ0v) is 20.6. The molecule has 9 nitrogen and oxygen atoms in total. The molecule has 0 bridgehead atoms. The lowest BCUT2D eigenvalue weighted by Crippen LogP contribution is -2.14. The van der Waals surface area contributed by atoms with Gasteiger partial charge in [-0.2, -0.15) is 0 Å². The van der Waals surface area contributed by atoms with E-state index in [4.69, 9.17) is 13.9 Å². The SMILES string of the molecule is CCOc1ccccc1NC(=O)CSc1nc2cc(S(=O)(=O)Nc3ccc(OC)cc3)ccc2o1. The normalized spacial score (nSPS) is 11.3. The quantitative estimate of drug-likeness (QED) is 0.291. The number of sulfonamides is 1. The van der Waals surface area contributed by atoms with E-state index in [0.717, 1.165) is 11.8 Å². The fourth-order valence-electron chi connectivity index (χ4n) is 3.15. The number of oxazole rings is 1. The summed E-state index contributed by atoms with van der Waals surface area (Å²) in [7, 11) is -2.31. The van der Waals surface area contributed by atoms with E-state index in [9.17, 15) is 13.2 Å². The molecule has 182 valence electrons. The molecule has 0 aliphatic heterocycles. The number of fused-ring (bicyclic) bond motifs is 1. The number of amides is 1. The van der Waals surface area contributed by atoms with Gasteiger partial charge in [-0.1, -0.05) is 23.9 Å². The van der Waals surface area contributed by atoms with Crippen LogP contribution >= 0.6 is 11.8 Å². The molecule has 3 aromatic carbocycles. The molecule has 0 aliphatic carbocycles. The molecule has 0 aliphatic rings. The minimum Gasteiger partial charge on any atom is -0.497 e. The van der Waals surface area contributed by atoms with Gasteiger partial charge in [0.15, 0.2) is 5.58 Å². The van der Waals surface area contributed by atoms with Crippen molar-refractivity contribution in [1.29, 1.82) is 0 Å². The fraction of sp³-hybridized carbons (Fsp3) is 0.167. The molecule has 0 fully saturated rings. The summed E-state index contributed by atoms with van der Waals surface area (Å²) >= 11 is 1.10. The second kappa shape index (κ2) is 10.7. The van der Waals surface area contributed by atoms with E-state index >= 15 is 0 Å². The molecule has 1 aromatic heterocycles. The van der Waals surface area contributed by atoms with Gasteiger partial charge in [-0.05, 0) is 61.5 Å². The number of anilines is 2. The predicted molar refractivity (Wildman–Crippen MR) is 135 cm³/mol. The summed E-state index contributed by atoms with van der Waals surface area (Å²) < 4.78 is 44.4. The molecule has 35 heavy (non-hydrogen) atoms. The van der Waals surface area contributed by atoms with Crippen LogP contribution in [0, 0.1) is 0 Å². The molecule has 4 aromatic rings. The number of methoxy groups -OCH3 is 1. The Morgan fingerprint density at radius 2 is 1.86 bits per heavy atom. The third-order valence-electron chi connectivity index (χ3n) is 4.78. The van der Waals surface area contributed by atoms with Crippen LogP contribution in [0.5, 0.6) is 11.5 Å². The molecule has 1 amide bonds. The van der Waals surface area contributed by atoms with Crippen LogP contribution in [0.4, 0.5) is 11.4 Å². The Bertz CT molecular complexity index is 1440. The van der Waals surface area contributed by atoms with Crippen molar-refractivity contribution in [2.24, 2.45) is 0 Å². The molecule has 4 rings (SSSR count). The highest BCUT2D eigenvalue weighted by atomic mass is 32.2. The van der Waals surface area contributed by atoms with Crippen molar-refractivity contribution in [3.8, 4) is 11.5 Å². The Morgan fingerprint density at radius 1 is 1.09 bits per heavy atom. The number of benzene rings is 3. The van der Waals surface area contributed by atoms with Crippen molar-refractivity contribution in [3.63, 3.8) is 0 Å². The van der Waals surface area contributed by atoms with Gasteiger partial charge in [-0.25, -0.2) is 13.4 Å². The maximum atomic E-state index is 12.8. The Kier molecular flexibility index (Phi) is 7.47.